The van der Waals surface area contributed by atoms with E-state index in [0.717, 1.165) is 6.33 Å². The molecule has 1 aromatic heterocycles. The third kappa shape index (κ3) is 2.74. The fraction of sp³-hybridized carbons (Fsp3) is 0.167. The minimum absolute atomic E-state index is 0.140. The molecule has 1 aromatic rings. The van der Waals surface area contributed by atoms with E-state index < -0.39 is 16.5 Å². The number of amides is 1. The largest absolute Gasteiger partial charge is 0.368 e. The molecule has 1 heterocycles. The van der Waals surface area contributed by atoms with Crippen LogP contribution in [-0.4, -0.2) is 27.3 Å². The number of primary amides is 1. The van der Waals surface area contributed by atoms with E-state index in [9.17, 15) is 14.9 Å². The molecular weight excluding hydrogens is 226 g/mol. The van der Waals surface area contributed by atoms with E-state index >= 15 is 0 Å². The summed E-state index contributed by atoms with van der Waals surface area (Å²) in [5.74, 6) is -0.808. The van der Waals surface area contributed by atoms with Crippen molar-refractivity contribution in [2.75, 3.05) is 11.9 Å². The molecule has 0 aliphatic carbocycles. The van der Waals surface area contributed by atoms with Gasteiger partial charge in [-0.15, -0.1) is 0 Å². The summed E-state index contributed by atoms with van der Waals surface area (Å²) in [5.41, 5.74) is 4.37. The van der Waals surface area contributed by atoms with E-state index in [4.69, 9.17) is 17.3 Å². The molecule has 1 amide bonds. The number of hydrogen-bond acceptors (Lipinski definition) is 6. The Hall–Kier alpha value is -1.96. The van der Waals surface area contributed by atoms with Gasteiger partial charge in [0.2, 0.25) is 16.9 Å². The fourth-order valence-corrected chi connectivity index (χ4v) is 1.02. The molecule has 80 valence electrons. The molecular formula is C6H6ClN5O3. The average molecular weight is 232 g/mol. The Morgan fingerprint density at radius 1 is 1.67 bits per heavy atom. The molecule has 3 N–H and O–H groups in total. The molecule has 0 saturated carbocycles. The van der Waals surface area contributed by atoms with Gasteiger partial charge in [-0.1, -0.05) is 11.6 Å². The van der Waals surface area contributed by atoms with Crippen molar-refractivity contribution in [3.05, 3.63) is 21.6 Å². The quantitative estimate of drug-likeness (QED) is 0.425. The molecule has 0 bridgehead atoms. The van der Waals surface area contributed by atoms with Crippen molar-refractivity contribution in [3.8, 4) is 0 Å². The molecule has 9 heteroatoms. The van der Waals surface area contributed by atoms with Crippen LogP contribution in [0.4, 0.5) is 11.5 Å². The molecule has 0 saturated heterocycles. The Morgan fingerprint density at radius 2 is 2.33 bits per heavy atom. The summed E-state index contributed by atoms with van der Waals surface area (Å²) < 4.78 is 0. The predicted octanol–water partition coefficient (Wildman–Crippen LogP) is -0.0646. The first-order valence-electron chi connectivity index (χ1n) is 3.69. The number of halogens is 1. The van der Waals surface area contributed by atoms with Crippen LogP contribution in [0.5, 0.6) is 0 Å². The monoisotopic (exact) mass is 231 g/mol. The van der Waals surface area contributed by atoms with Gasteiger partial charge in [0.05, 0.1) is 11.5 Å². The lowest BCUT2D eigenvalue weighted by molar-refractivity contribution is -0.384. The van der Waals surface area contributed by atoms with Crippen molar-refractivity contribution >= 4 is 29.0 Å². The van der Waals surface area contributed by atoms with Gasteiger partial charge in [-0.05, 0) is 0 Å². The summed E-state index contributed by atoms with van der Waals surface area (Å²) in [7, 11) is 0. The van der Waals surface area contributed by atoms with Gasteiger partial charge in [0, 0.05) is 0 Å². The topological polar surface area (TPSA) is 124 Å². The van der Waals surface area contributed by atoms with Crippen LogP contribution in [0.2, 0.25) is 5.15 Å². The maximum Gasteiger partial charge on any atom is 0.348 e. The van der Waals surface area contributed by atoms with Crippen molar-refractivity contribution < 1.29 is 9.72 Å². The Labute approximate surface area is 88.6 Å². The lowest BCUT2D eigenvalue weighted by atomic mass is 10.4. The van der Waals surface area contributed by atoms with Crippen molar-refractivity contribution in [1.82, 2.24) is 9.97 Å². The molecule has 0 aliphatic rings. The van der Waals surface area contributed by atoms with Gasteiger partial charge in [0.15, 0.2) is 0 Å². The highest BCUT2D eigenvalue weighted by Crippen LogP contribution is 2.27. The number of nitrogens with two attached hydrogens (primary N) is 1. The number of nitro groups is 1. The number of hydrogen-bond donors (Lipinski definition) is 2. The first-order valence-corrected chi connectivity index (χ1v) is 4.07. The average Bonchev–Trinajstić information content (AvgIpc) is 2.13. The minimum Gasteiger partial charge on any atom is -0.368 e. The summed E-state index contributed by atoms with van der Waals surface area (Å²) in [5, 5.41) is 12.7. The highest BCUT2D eigenvalue weighted by molar-refractivity contribution is 6.31. The summed E-state index contributed by atoms with van der Waals surface area (Å²) >= 11 is 5.49. The number of rotatable bonds is 4. The van der Waals surface area contributed by atoms with Gasteiger partial charge in [0.1, 0.15) is 6.33 Å². The number of nitrogens with zero attached hydrogens (tertiary/aromatic N) is 3. The molecule has 1 rings (SSSR count). The molecule has 0 spiro atoms. The van der Waals surface area contributed by atoms with Gasteiger partial charge in [-0.3, -0.25) is 14.9 Å². The van der Waals surface area contributed by atoms with Crippen LogP contribution >= 0.6 is 11.6 Å². The molecule has 0 atom stereocenters. The van der Waals surface area contributed by atoms with Crippen LogP contribution < -0.4 is 11.1 Å². The van der Waals surface area contributed by atoms with Crippen LogP contribution in [0.25, 0.3) is 0 Å². The summed E-state index contributed by atoms with van der Waals surface area (Å²) in [4.78, 5) is 27.3. The van der Waals surface area contributed by atoms with Crippen LogP contribution in [0.3, 0.4) is 0 Å². The third-order valence-corrected chi connectivity index (χ3v) is 1.67. The van der Waals surface area contributed by atoms with Crippen molar-refractivity contribution in [1.29, 1.82) is 0 Å². The van der Waals surface area contributed by atoms with E-state index in [1.54, 1.807) is 0 Å². The van der Waals surface area contributed by atoms with Gasteiger partial charge in [-0.25, -0.2) is 9.97 Å². The Balaban J connectivity index is 3.01. The molecule has 8 nitrogen and oxygen atoms in total. The smallest absolute Gasteiger partial charge is 0.348 e. The maximum atomic E-state index is 10.6. The summed E-state index contributed by atoms with van der Waals surface area (Å²) in [6.07, 6.45) is 1.04. The van der Waals surface area contributed by atoms with Gasteiger partial charge < -0.3 is 11.1 Å². The number of nitrogens with one attached hydrogen (secondary N) is 1. The maximum absolute atomic E-state index is 10.6. The Bertz CT molecular complexity index is 410. The fourth-order valence-electron chi connectivity index (χ4n) is 0.819. The lowest BCUT2D eigenvalue weighted by Gasteiger charge is -2.03. The Kier molecular flexibility index (Phi) is 3.34. The number of carbonyl (C=O) groups is 1. The second kappa shape index (κ2) is 4.51. The molecule has 0 aliphatic heterocycles. The highest BCUT2D eigenvalue weighted by atomic mass is 35.5. The van der Waals surface area contributed by atoms with Gasteiger partial charge >= 0.3 is 5.69 Å². The number of anilines is 1. The number of aromatic nitrogens is 2. The van der Waals surface area contributed by atoms with Crippen LogP contribution in [0.15, 0.2) is 6.33 Å². The second-order valence-corrected chi connectivity index (χ2v) is 2.80. The van der Waals surface area contributed by atoms with E-state index in [1.807, 2.05) is 0 Å². The summed E-state index contributed by atoms with van der Waals surface area (Å²) in [6.45, 7) is -0.270. The molecule has 15 heavy (non-hydrogen) atoms. The SMILES string of the molecule is NC(=O)CNc1ncnc(Cl)c1[N+](=O)[O-]. The number of carbonyl (C=O) groups excluding carboxylic acids is 1. The second-order valence-electron chi connectivity index (χ2n) is 2.44. The van der Waals surface area contributed by atoms with Crippen molar-refractivity contribution in [2.45, 2.75) is 0 Å². The van der Waals surface area contributed by atoms with E-state index in [1.165, 1.54) is 0 Å². The first kappa shape index (κ1) is 11.1. The van der Waals surface area contributed by atoms with E-state index in [0.29, 0.717) is 0 Å². The zero-order chi connectivity index (χ0) is 11.4. The molecule has 0 aromatic carbocycles. The zero-order valence-corrected chi connectivity index (χ0v) is 8.06. The van der Waals surface area contributed by atoms with E-state index in [2.05, 4.69) is 15.3 Å². The molecule has 0 fully saturated rings. The van der Waals surface area contributed by atoms with Gasteiger partial charge in [0.25, 0.3) is 0 Å². The third-order valence-electron chi connectivity index (χ3n) is 1.39. The van der Waals surface area contributed by atoms with E-state index in [-0.39, 0.29) is 17.5 Å². The minimum atomic E-state index is -0.744. The molecule has 0 unspecified atom stereocenters. The van der Waals surface area contributed by atoms with Crippen molar-refractivity contribution in [2.24, 2.45) is 5.73 Å². The van der Waals surface area contributed by atoms with Crippen LogP contribution in [0, 0.1) is 10.1 Å². The standard InChI is InChI=1S/C6H6ClN5O3/c7-5-4(12(14)15)6(11-2-10-5)9-1-3(8)13/h2H,1H2,(H2,8,13)(H,9,10,11). The zero-order valence-electron chi connectivity index (χ0n) is 7.31. The first-order chi connectivity index (χ1) is 7.02. The highest BCUT2D eigenvalue weighted by Gasteiger charge is 2.21. The Morgan fingerprint density at radius 3 is 2.87 bits per heavy atom. The predicted molar refractivity (Wildman–Crippen MR) is 51.4 cm³/mol. The lowest BCUT2D eigenvalue weighted by Crippen LogP contribution is -2.22. The molecule has 0 radical (unpaired) electrons. The van der Waals surface area contributed by atoms with Gasteiger partial charge in [-0.2, -0.15) is 0 Å². The van der Waals surface area contributed by atoms with Crippen LogP contribution in [0.1, 0.15) is 0 Å². The van der Waals surface area contributed by atoms with Crippen LogP contribution in [-0.2, 0) is 4.79 Å². The summed E-state index contributed by atoms with van der Waals surface area (Å²) in [6, 6.07) is 0. The normalized spacial score (nSPS) is 9.67. The van der Waals surface area contributed by atoms with Crippen molar-refractivity contribution in [3.63, 3.8) is 0 Å².